The molecule has 0 saturated heterocycles. The predicted octanol–water partition coefficient (Wildman–Crippen LogP) is 0.556. The van der Waals surface area contributed by atoms with Gasteiger partial charge >= 0.3 is 0 Å². The molecule has 26 heavy (non-hydrogen) atoms. The van der Waals surface area contributed by atoms with Crippen LogP contribution in [0.4, 0.5) is 0 Å². The highest BCUT2D eigenvalue weighted by atomic mass is 16.3. The van der Waals surface area contributed by atoms with Gasteiger partial charge in [-0.15, -0.1) is 0 Å². The number of aliphatic hydroxyl groups excluding tert-OH is 4. The Morgan fingerprint density at radius 1 is 0.769 bits per heavy atom. The molecule has 6 heteroatoms. The lowest BCUT2D eigenvalue weighted by molar-refractivity contribution is 0.0789. The van der Waals surface area contributed by atoms with Gasteiger partial charge in [0.1, 0.15) is 0 Å². The van der Waals surface area contributed by atoms with E-state index in [-0.39, 0.29) is 0 Å². The summed E-state index contributed by atoms with van der Waals surface area (Å²) in [5.74, 6) is 0. The van der Waals surface area contributed by atoms with Crippen molar-refractivity contribution in [2.45, 2.75) is 78.0 Å². The first-order valence-electron chi connectivity index (χ1n) is 9.41. The molecule has 4 unspecified atom stereocenters. The fourth-order valence-corrected chi connectivity index (χ4v) is 3.43. The molecule has 0 spiro atoms. The van der Waals surface area contributed by atoms with Gasteiger partial charge in [-0.05, 0) is 62.8 Å². The van der Waals surface area contributed by atoms with Crippen molar-refractivity contribution < 1.29 is 20.4 Å². The second kappa shape index (κ2) is 11.0. The molecule has 1 aromatic rings. The van der Waals surface area contributed by atoms with Crippen molar-refractivity contribution in [1.82, 2.24) is 4.90 Å². The molecule has 1 rings (SSSR count). The average molecular weight is 369 g/mol. The van der Waals surface area contributed by atoms with Crippen molar-refractivity contribution in [2.75, 3.05) is 13.1 Å². The van der Waals surface area contributed by atoms with Crippen molar-refractivity contribution in [3.8, 4) is 0 Å². The number of hydrogen-bond acceptors (Lipinski definition) is 6. The number of benzene rings is 1. The summed E-state index contributed by atoms with van der Waals surface area (Å²) in [5, 5.41) is 39.3. The summed E-state index contributed by atoms with van der Waals surface area (Å²) in [6, 6.07) is 3.96. The van der Waals surface area contributed by atoms with Crippen LogP contribution < -0.4 is 5.73 Å². The molecule has 0 saturated carbocycles. The third-order valence-corrected chi connectivity index (χ3v) is 4.29. The number of aliphatic hydroxyl groups is 4. The number of nitrogens with two attached hydrogens (primary N) is 1. The van der Waals surface area contributed by atoms with Crippen LogP contribution in [0, 0.1) is 0 Å². The molecule has 0 radical (unpaired) electrons. The normalized spacial score (nSPS) is 16.5. The second-order valence-electron chi connectivity index (χ2n) is 7.54. The third-order valence-electron chi connectivity index (χ3n) is 4.29. The van der Waals surface area contributed by atoms with Gasteiger partial charge in [0.05, 0.1) is 24.4 Å². The van der Waals surface area contributed by atoms with E-state index in [1.54, 1.807) is 27.7 Å². The van der Waals surface area contributed by atoms with Gasteiger partial charge in [0.2, 0.25) is 0 Å². The van der Waals surface area contributed by atoms with Crippen LogP contribution in [0.3, 0.4) is 0 Å². The van der Waals surface area contributed by atoms with E-state index in [0.717, 1.165) is 22.3 Å². The van der Waals surface area contributed by atoms with E-state index in [2.05, 4.69) is 0 Å². The molecule has 0 aliphatic heterocycles. The molecule has 0 aliphatic rings. The Morgan fingerprint density at radius 2 is 1.19 bits per heavy atom. The fourth-order valence-electron chi connectivity index (χ4n) is 3.43. The average Bonchev–Trinajstić information content (AvgIpc) is 2.47. The lowest BCUT2D eigenvalue weighted by Crippen LogP contribution is -2.36. The van der Waals surface area contributed by atoms with Gasteiger partial charge in [-0.2, -0.15) is 0 Å². The maximum absolute atomic E-state index is 9.87. The molecule has 0 bridgehead atoms. The highest BCUT2D eigenvalue weighted by molar-refractivity contribution is 5.42. The standard InChI is InChI=1S/C20H36N2O4/c1-13(23)7-17-5-6-18(8-14(2)24)20(19(17)9-21)12-22(10-15(3)25)11-16(4)26/h5-6,13-16,23-26H,7-12,21H2,1-4H3. The van der Waals surface area contributed by atoms with E-state index in [4.69, 9.17) is 5.73 Å². The fraction of sp³-hybridized carbons (Fsp3) is 0.700. The molecule has 0 aliphatic carbocycles. The van der Waals surface area contributed by atoms with Gasteiger partial charge in [0.15, 0.2) is 0 Å². The zero-order valence-corrected chi connectivity index (χ0v) is 16.5. The molecular formula is C20H36N2O4. The van der Waals surface area contributed by atoms with Gasteiger partial charge < -0.3 is 26.2 Å². The zero-order valence-electron chi connectivity index (χ0n) is 16.5. The summed E-state index contributed by atoms with van der Waals surface area (Å²) in [7, 11) is 0. The van der Waals surface area contributed by atoms with Crippen LogP contribution in [0.1, 0.15) is 49.9 Å². The Hall–Kier alpha value is -1.02. The van der Waals surface area contributed by atoms with Crippen LogP contribution in [0.5, 0.6) is 0 Å². The third kappa shape index (κ3) is 7.70. The second-order valence-corrected chi connectivity index (χ2v) is 7.54. The Bertz CT molecular complexity index is 535. The summed E-state index contributed by atoms with van der Waals surface area (Å²) < 4.78 is 0. The monoisotopic (exact) mass is 368 g/mol. The molecular weight excluding hydrogens is 332 g/mol. The van der Waals surface area contributed by atoms with Crippen LogP contribution in [-0.4, -0.2) is 62.8 Å². The first-order chi connectivity index (χ1) is 12.1. The lowest BCUT2D eigenvalue weighted by Gasteiger charge is -2.28. The summed E-state index contributed by atoms with van der Waals surface area (Å²) in [4.78, 5) is 2.00. The molecule has 0 aromatic heterocycles. The van der Waals surface area contributed by atoms with Crippen LogP contribution >= 0.6 is 0 Å². The summed E-state index contributed by atoms with van der Waals surface area (Å²) in [6.45, 7) is 8.67. The molecule has 6 N–H and O–H groups in total. The summed E-state index contributed by atoms with van der Waals surface area (Å²) >= 11 is 0. The number of nitrogens with zero attached hydrogens (tertiary/aromatic N) is 1. The van der Waals surface area contributed by atoms with Crippen molar-refractivity contribution in [2.24, 2.45) is 5.73 Å². The molecule has 0 heterocycles. The van der Waals surface area contributed by atoms with Crippen molar-refractivity contribution in [3.63, 3.8) is 0 Å². The van der Waals surface area contributed by atoms with Gasteiger partial charge in [-0.25, -0.2) is 0 Å². The van der Waals surface area contributed by atoms with E-state index in [1.807, 2.05) is 17.0 Å². The van der Waals surface area contributed by atoms with Crippen LogP contribution in [0.25, 0.3) is 0 Å². The first-order valence-corrected chi connectivity index (χ1v) is 9.41. The Labute approximate surface area is 157 Å². The maximum atomic E-state index is 9.87. The summed E-state index contributed by atoms with van der Waals surface area (Å²) in [5.41, 5.74) is 10.1. The molecule has 0 amide bonds. The predicted molar refractivity (Wildman–Crippen MR) is 104 cm³/mol. The largest absolute Gasteiger partial charge is 0.393 e. The molecule has 6 nitrogen and oxygen atoms in total. The van der Waals surface area contributed by atoms with E-state index < -0.39 is 24.4 Å². The first kappa shape index (κ1) is 23.0. The van der Waals surface area contributed by atoms with E-state index in [9.17, 15) is 20.4 Å². The lowest BCUT2D eigenvalue weighted by atomic mass is 9.90. The quantitative estimate of drug-likeness (QED) is 0.390. The van der Waals surface area contributed by atoms with Crippen molar-refractivity contribution in [3.05, 3.63) is 34.4 Å². The highest BCUT2D eigenvalue weighted by Gasteiger charge is 2.19. The highest BCUT2D eigenvalue weighted by Crippen LogP contribution is 2.24. The SMILES string of the molecule is CC(O)Cc1ccc(CC(C)O)c(CN(CC(C)O)CC(C)O)c1CN. The zero-order chi connectivity index (χ0) is 19.9. The molecule has 0 fully saturated rings. The minimum absolute atomic E-state index is 0.336. The van der Waals surface area contributed by atoms with Gasteiger partial charge in [0, 0.05) is 26.2 Å². The van der Waals surface area contributed by atoms with Crippen molar-refractivity contribution in [1.29, 1.82) is 0 Å². The van der Waals surface area contributed by atoms with Crippen molar-refractivity contribution >= 4 is 0 Å². The number of hydrogen-bond donors (Lipinski definition) is 5. The van der Waals surface area contributed by atoms with Crippen LogP contribution in [0.15, 0.2) is 12.1 Å². The Kier molecular flexibility index (Phi) is 9.71. The van der Waals surface area contributed by atoms with Gasteiger partial charge in [0.25, 0.3) is 0 Å². The molecule has 4 atom stereocenters. The van der Waals surface area contributed by atoms with Gasteiger partial charge in [-0.1, -0.05) is 12.1 Å². The number of rotatable bonds is 11. The molecule has 1 aromatic carbocycles. The minimum Gasteiger partial charge on any atom is -0.393 e. The van der Waals surface area contributed by atoms with E-state index >= 15 is 0 Å². The maximum Gasteiger partial charge on any atom is 0.0639 e. The van der Waals surface area contributed by atoms with Gasteiger partial charge in [-0.3, -0.25) is 4.90 Å². The smallest absolute Gasteiger partial charge is 0.0639 e. The van der Waals surface area contributed by atoms with Crippen LogP contribution in [-0.2, 0) is 25.9 Å². The summed E-state index contributed by atoms with van der Waals surface area (Å²) in [6.07, 6.45) is -0.965. The van der Waals surface area contributed by atoms with Crippen LogP contribution in [0.2, 0.25) is 0 Å². The van der Waals surface area contributed by atoms with E-state index in [0.29, 0.717) is 39.0 Å². The Balaban J connectivity index is 3.30. The molecule has 150 valence electrons. The topological polar surface area (TPSA) is 110 Å². The Morgan fingerprint density at radius 3 is 1.54 bits per heavy atom. The minimum atomic E-state index is -0.518. The van der Waals surface area contributed by atoms with E-state index in [1.165, 1.54) is 0 Å².